The van der Waals surface area contributed by atoms with Crippen molar-refractivity contribution in [2.75, 3.05) is 5.75 Å². The van der Waals surface area contributed by atoms with Crippen molar-refractivity contribution in [2.24, 2.45) is 10.7 Å². The first kappa shape index (κ1) is 8.91. The summed E-state index contributed by atoms with van der Waals surface area (Å²) >= 11 is 6.20. The van der Waals surface area contributed by atoms with Crippen LogP contribution in [0, 0.1) is 0 Å². The molecule has 0 heterocycles. The van der Waals surface area contributed by atoms with Gasteiger partial charge in [0, 0.05) is 0 Å². The largest absolute Gasteiger partial charge is 0.374 e. The zero-order chi connectivity index (χ0) is 7.28. The zero-order valence-corrected chi connectivity index (χ0v) is 7.18. The summed E-state index contributed by atoms with van der Waals surface area (Å²) in [5, 5.41) is 1.15. The smallest absolute Gasteiger partial charge is 0.190 e. The minimum atomic E-state index is 0.216. The Morgan fingerprint density at radius 2 is 2.33 bits per heavy atom. The van der Waals surface area contributed by atoms with Crippen molar-refractivity contribution in [3.05, 3.63) is 0 Å². The maximum Gasteiger partial charge on any atom is 0.190 e. The van der Waals surface area contributed by atoms with Crippen LogP contribution >= 0.6 is 24.0 Å². The Labute approximate surface area is 64.9 Å². The maximum absolute atomic E-state index is 5.15. The minimum Gasteiger partial charge on any atom is -0.374 e. The normalized spacial score (nSPS) is 11.6. The summed E-state index contributed by atoms with van der Waals surface area (Å²) in [6, 6.07) is 0. The number of thiocarbonyl (C=S) groups is 1. The Balaban J connectivity index is 3.69. The third-order valence-electron chi connectivity index (χ3n) is 0.621. The van der Waals surface area contributed by atoms with Gasteiger partial charge in [-0.1, -0.05) is 6.92 Å². The highest BCUT2D eigenvalue weighted by atomic mass is 32.2. The van der Waals surface area contributed by atoms with Gasteiger partial charge < -0.3 is 5.73 Å². The lowest BCUT2D eigenvalue weighted by atomic mass is 10.8. The molecule has 2 nitrogen and oxygen atoms in total. The molecule has 0 aliphatic carbocycles. The van der Waals surface area contributed by atoms with Crippen molar-refractivity contribution in [3.63, 3.8) is 0 Å². The van der Waals surface area contributed by atoms with E-state index in [1.54, 1.807) is 11.8 Å². The van der Waals surface area contributed by atoms with Gasteiger partial charge in [0.15, 0.2) is 5.11 Å². The number of aliphatic imine (C=N–C) groups is 1. The van der Waals surface area contributed by atoms with Crippen molar-refractivity contribution in [1.29, 1.82) is 0 Å². The topological polar surface area (TPSA) is 38.4 Å². The molecule has 2 N–H and O–H groups in total. The first-order chi connectivity index (χ1) is 4.16. The molecular weight excluding hydrogens is 152 g/mol. The van der Waals surface area contributed by atoms with Crippen LogP contribution in [0.3, 0.4) is 0 Å². The molecule has 0 amide bonds. The molecule has 0 aliphatic rings. The molecule has 0 radical (unpaired) electrons. The highest BCUT2D eigenvalue weighted by Gasteiger charge is 1.88. The SMILES string of the molecule is CCSC(C)=NC(N)=S. The maximum atomic E-state index is 5.15. The van der Waals surface area contributed by atoms with Crippen LogP contribution in [0.15, 0.2) is 4.99 Å². The number of nitrogens with zero attached hydrogens (tertiary/aromatic N) is 1. The van der Waals surface area contributed by atoms with Gasteiger partial charge >= 0.3 is 0 Å². The molecule has 0 aromatic heterocycles. The Hall–Kier alpha value is -0.0900. The second-order valence-corrected chi connectivity index (χ2v) is 3.28. The number of nitrogens with two attached hydrogens (primary N) is 1. The summed E-state index contributed by atoms with van der Waals surface area (Å²) < 4.78 is 0. The molecule has 0 atom stereocenters. The van der Waals surface area contributed by atoms with Crippen LogP contribution in [0.4, 0.5) is 0 Å². The molecule has 9 heavy (non-hydrogen) atoms. The van der Waals surface area contributed by atoms with Gasteiger partial charge in [0.2, 0.25) is 0 Å². The molecule has 0 bridgehead atoms. The van der Waals surface area contributed by atoms with Crippen molar-refractivity contribution >= 4 is 34.1 Å². The Morgan fingerprint density at radius 3 is 2.67 bits per heavy atom. The van der Waals surface area contributed by atoms with E-state index in [4.69, 9.17) is 5.73 Å². The lowest BCUT2D eigenvalue weighted by molar-refractivity contribution is 1.53. The van der Waals surface area contributed by atoms with Crippen LogP contribution in [0.25, 0.3) is 0 Å². The van der Waals surface area contributed by atoms with E-state index < -0.39 is 0 Å². The molecule has 0 aromatic rings. The summed E-state index contributed by atoms with van der Waals surface area (Å²) in [5.41, 5.74) is 5.15. The van der Waals surface area contributed by atoms with Gasteiger partial charge in [0.05, 0.1) is 5.04 Å². The van der Waals surface area contributed by atoms with Crippen LogP contribution in [-0.2, 0) is 0 Å². The van der Waals surface area contributed by atoms with Crippen LogP contribution in [-0.4, -0.2) is 15.9 Å². The average Bonchev–Trinajstić information content (AvgIpc) is 1.63. The summed E-state index contributed by atoms with van der Waals surface area (Å²) in [5.74, 6) is 1.01. The third kappa shape index (κ3) is 5.79. The van der Waals surface area contributed by atoms with Crippen molar-refractivity contribution in [1.82, 2.24) is 0 Å². The fourth-order valence-electron chi connectivity index (χ4n) is 0.396. The number of rotatable bonds is 1. The molecule has 0 saturated heterocycles. The zero-order valence-electron chi connectivity index (χ0n) is 5.55. The van der Waals surface area contributed by atoms with E-state index in [1.807, 2.05) is 6.92 Å². The molecule has 0 aromatic carbocycles. The number of hydrogen-bond acceptors (Lipinski definition) is 2. The summed E-state index contributed by atoms with van der Waals surface area (Å²) in [6.07, 6.45) is 0. The van der Waals surface area contributed by atoms with Gasteiger partial charge in [0.25, 0.3) is 0 Å². The van der Waals surface area contributed by atoms with Crippen molar-refractivity contribution in [2.45, 2.75) is 13.8 Å². The summed E-state index contributed by atoms with van der Waals surface area (Å²) in [4.78, 5) is 3.86. The minimum absolute atomic E-state index is 0.216. The summed E-state index contributed by atoms with van der Waals surface area (Å²) in [6.45, 7) is 3.95. The second kappa shape index (κ2) is 4.76. The van der Waals surface area contributed by atoms with E-state index in [1.165, 1.54) is 0 Å². The van der Waals surface area contributed by atoms with Crippen LogP contribution in [0.1, 0.15) is 13.8 Å². The molecule has 0 aliphatic heterocycles. The first-order valence-corrected chi connectivity index (χ1v) is 4.03. The molecule has 52 valence electrons. The molecule has 4 heteroatoms. The van der Waals surface area contributed by atoms with Gasteiger partial charge in [-0.2, -0.15) is 0 Å². The fraction of sp³-hybridized carbons (Fsp3) is 0.600. The molecule has 0 rings (SSSR count). The van der Waals surface area contributed by atoms with E-state index >= 15 is 0 Å². The summed E-state index contributed by atoms with van der Waals surface area (Å²) in [7, 11) is 0. The van der Waals surface area contributed by atoms with E-state index in [0.717, 1.165) is 10.8 Å². The second-order valence-electron chi connectivity index (χ2n) is 1.40. The first-order valence-electron chi connectivity index (χ1n) is 2.64. The van der Waals surface area contributed by atoms with Gasteiger partial charge in [0.1, 0.15) is 0 Å². The van der Waals surface area contributed by atoms with Gasteiger partial charge in [-0.05, 0) is 24.9 Å². The van der Waals surface area contributed by atoms with E-state index in [0.29, 0.717) is 0 Å². The number of thioether (sulfide) groups is 1. The Kier molecular flexibility index (Phi) is 4.71. The molecule has 0 fully saturated rings. The van der Waals surface area contributed by atoms with E-state index in [9.17, 15) is 0 Å². The number of hydrogen-bond donors (Lipinski definition) is 1. The molecule has 0 saturated carbocycles. The quantitative estimate of drug-likeness (QED) is 0.360. The van der Waals surface area contributed by atoms with Crippen LogP contribution < -0.4 is 5.73 Å². The molecule has 0 unspecified atom stereocenters. The molecule has 0 spiro atoms. The predicted octanol–water partition coefficient (Wildman–Crippen LogP) is 1.40. The monoisotopic (exact) mass is 162 g/mol. The predicted molar refractivity (Wildman–Crippen MR) is 48.0 cm³/mol. The van der Waals surface area contributed by atoms with Gasteiger partial charge in [-0.3, -0.25) is 0 Å². The highest BCUT2D eigenvalue weighted by Crippen LogP contribution is 2.01. The molecular formula is C5H10N2S2. The standard InChI is InChI=1S/C5H10N2S2/c1-3-9-4(2)7-5(6)8/h3H2,1-2H3,(H2,6,8). The fourth-order valence-corrected chi connectivity index (χ4v) is 1.17. The van der Waals surface area contributed by atoms with E-state index in [-0.39, 0.29) is 5.11 Å². The lowest BCUT2D eigenvalue weighted by Crippen LogP contribution is -2.05. The Morgan fingerprint density at radius 1 is 1.78 bits per heavy atom. The van der Waals surface area contributed by atoms with Crippen LogP contribution in [0.5, 0.6) is 0 Å². The third-order valence-corrected chi connectivity index (χ3v) is 1.51. The van der Waals surface area contributed by atoms with Gasteiger partial charge in [-0.25, -0.2) is 4.99 Å². The lowest BCUT2D eigenvalue weighted by Gasteiger charge is -1.93. The average molecular weight is 162 g/mol. The Bertz CT molecular complexity index is 131. The van der Waals surface area contributed by atoms with Gasteiger partial charge in [-0.15, -0.1) is 11.8 Å². The van der Waals surface area contributed by atoms with Crippen molar-refractivity contribution in [3.8, 4) is 0 Å². The highest BCUT2D eigenvalue weighted by molar-refractivity contribution is 8.13. The van der Waals surface area contributed by atoms with Crippen molar-refractivity contribution < 1.29 is 0 Å². The van der Waals surface area contributed by atoms with Crippen LogP contribution in [0.2, 0.25) is 0 Å². The van der Waals surface area contributed by atoms with E-state index in [2.05, 4.69) is 24.1 Å².